The molecule has 2 heterocycles. The van der Waals surface area contributed by atoms with Crippen LogP contribution in [0.5, 0.6) is 0 Å². The minimum Gasteiger partial charge on any atom is -0.261 e. The second-order valence-corrected chi connectivity index (χ2v) is 5.60. The topological polar surface area (TPSA) is 41.6 Å². The number of aromatic amines is 1. The number of rotatable bonds is 1. The molecule has 3 heteroatoms. The molecule has 16 heavy (non-hydrogen) atoms. The van der Waals surface area contributed by atoms with Gasteiger partial charge in [0.1, 0.15) is 0 Å². The van der Waals surface area contributed by atoms with Gasteiger partial charge in [-0.3, -0.25) is 5.10 Å². The van der Waals surface area contributed by atoms with E-state index >= 15 is 0 Å². The Kier molecular flexibility index (Phi) is 2.49. The van der Waals surface area contributed by atoms with Crippen molar-refractivity contribution in [3.8, 4) is 0 Å². The van der Waals surface area contributed by atoms with E-state index in [-0.39, 0.29) is 5.41 Å². The molecule has 0 saturated carbocycles. The predicted molar refractivity (Wildman–Crippen MR) is 66.7 cm³/mol. The first-order valence-electron chi connectivity index (χ1n) is 5.74. The van der Waals surface area contributed by atoms with Crippen molar-refractivity contribution in [2.75, 3.05) is 0 Å². The summed E-state index contributed by atoms with van der Waals surface area (Å²) < 4.78 is 0. The third-order valence-corrected chi connectivity index (χ3v) is 2.84. The quantitative estimate of drug-likeness (QED) is 0.795. The van der Waals surface area contributed by atoms with Gasteiger partial charge < -0.3 is 0 Å². The molecule has 0 aromatic carbocycles. The fraction of sp³-hybridized carbons (Fsp3) is 0.538. The molecule has 0 aliphatic heterocycles. The van der Waals surface area contributed by atoms with Gasteiger partial charge in [0.05, 0.1) is 5.69 Å². The van der Waals surface area contributed by atoms with Gasteiger partial charge in [-0.2, -0.15) is 5.10 Å². The van der Waals surface area contributed by atoms with Crippen LogP contribution in [0.15, 0.2) is 12.3 Å². The number of hydrogen-bond donors (Lipinski definition) is 1. The van der Waals surface area contributed by atoms with Gasteiger partial charge in [-0.05, 0) is 23.0 Å². The highest BCUT2D eigenvalue weighted by Crippen LogP contribution is 2.32. The highest BCUT2D eigenvalue weighted by atomic mass is 15.1. The monoisotopic (exact) mass is 217 g/mol. The number of hydrogen-bond acceptors (Lipinski definition) is 2. The number of fused-ring (bicyclic) bond motifs is 1. The number of nitrogens with zero attached hydrogens (tertiary/aromatic N) is 2. The lowest BCUT2D eigenvalue weighted by Gasteiger charge is -2.20. The standard InChI is InChI=1S/C13H19N3/c1-8(2)11-10-9(13(3,4)5)6-7-14-12(10)16-15-11/h6-8H,1-5H3,(H,14,15,16). The first kappa shape index (κ1) is 11.1. The van der Waals surface area contributed by atoms with Crippen molar-refractivity contribution >= 4 is 11.0 Å². The molecule has 1 N–H and O–H groups in total. The van der Waals surface area contributed by atoms with Crippen LogP contribution in [-0.2, 0) is 5.41 Å². The fourth-order valence-corrected chi connectivity index (χ4v) is 2.02. The average molecular weight is 217 g/mol. The minimum absolute atomic E-state index is 0.120. The average Bonchev–Trinajstić information content (AvgIpc) is 2.58. The summed E-state index contributed by atoms with van der Waals surface area (Å²) in [6, 6.07) is 2.10. The van der Waals surface area contributed by atoms with E-state index in [9.17, 15) is 0 Å². The van der Waals surface area contributed by atoms with Crippen LogP contribution in [0, 0.1) is 0 Å². The molecule has 0 aliphatic rings. The molecule has 0 amide bonds. The van der Waals surface area contributed by atoms with Gasteiger partial charge in [0.2, 0.25) is 0 Å². The van der Waals surface area contributed by atoms with Crippen molar-refractivity contribution in [2.24, 2.45) is 0 Å². The van der Waals surface area contributed by atoms with E-state index in [1.165, 1.54) is 10.9 Å². The van der Waals surface area contributed by atoms with Crippen LogP contribution in [0.3, 0.4) is 0 Å². The fourth-order valence-electron chi connectivity index (χ4n) is 2.02. The van der Waals surface area contributed by atoms with Gasteiger partial charge in [0.25, 0.3) is 0 Å². The van der Waals surface area contributed by atoms with E-state index in [2.05, 4.69) is 55.9 Å². The number of pyridine rings is 1. The van der Waals surface area contributed by atoms with Crippen molar-refractivity contribution in [3.05, 3.63) is 23.5 Å². The van der Waals surface area contributed by atoms with Crippen molar-refractivity contribution in [3.63, 3.8) is 0 Å². The van der Waals surface area contributed by atoms with Gasteiger partial charge in [-0.1, -0.05) is 34.6 Å². The Bertz CT molecular complexity index is 503. The third kappa shape index (κ3) is 1.70. The Labute approximate surface area is 96.3 Å². The Balaban J connectivity index is 2.79. The molecule has 3 nitrogen and oxygen atoms in total. The molecule has 2 rings (SSSR count). The summed E-state index contributed by atoms with van der Waals surface area (Å²) in [7, 11) is 0. The lowest BCUT2D eigenvalue weighted by atomic mass is 9.84. The smallest absolute Gasteiger partial charge is 0.155 e. The van der Waals surface area contributed by atoms with E-state index in [1.807, 2.05) is 6.20 Å². The maximum atomic E-state index is 4.38. The zero-order valence-electron chi connectivity index (χ0n) is 10.6. The normalized spacial score (nSPS) is 12.6. The highest BCUT2D eigenvalue weighted by Gasteiger charge is 2.21. The molecule has 2 aromatic heterocycles. The molecule has 2 aromatic rings. The Morgan fingerprint density at radius 3 is 2.50 bits per heavy atom. The third-order valence-electron chi connectivity index (χ3n) is 2.84. The zero-order valence-corrected chi connectivity index (χ0v) is 10.6. The van der Waals surface area contributed by atoms with Crippen LogP contribution in [-0.4, -0.2) is 15.2 Å². The van der Waals surface area contributed by atoms with E-state index < -0.39 is 0 Å². The van der Waals surface area contributed by atoms with Gasteiger partial charge in [-0.25, -0.2) is 4.98 Å². The summed E-state index contributed by atoms with van der Waals surface area (Å²) in [5.41, 5.74) is 3.45. The predicted octanol–water partition coefficient (Wildman–Crippen LogP) is 3.38. The number of nitrogens with one attached hydrogen (secondary N) is 1. The molecule has 0 bridgehead atoms. The van der Waals surface area contributed by atoms with Crippen molar-refractivity contribution in [2.45, 2.75) is 46.0 Å². The molecular formula is C13H19N3. The van der Waals surface area contributed by atoms with E-state index in [4.69, 9.17) is 0 Å². The van der Waals surface area contributed by atoms with Gasteiger partial charge in [-0.15, -0.1) is 0 Å². The first-order valence-corrected chi connectivity index (χ1v) is 5.74. The summed E-state index contributed by atoms with van der Waals surface area (Å²) >= 11 is 0. The molecule has 0 saturated heterocycles. The van der Waals surface area contributed by atoms with Crippen LogP contribution in [0.1, 0.15) is 51.8 Å². The lowest BCUT2D eigenvalue weighted by Crippen LogP contribution is -2.12. The Morgan fingerprint density at radius 1 is 1.25 bits per heavy atom. The van der Waals surface area contributed by atoms with Crippen molar-refractivity contribution in [1.82, 2.24) is 15.2 Å². The van der Waals surface area contributed by atoms with Crippen molar-refractivity contribution < 1.29 is 0 Å². The molecule has 0 atom stereocenters. The lowest BCUT2D eigenvalue weighted by molar-refractivity contribution is 0.594. The second kappa shape index (κ2) is 3.58. The number of aromatic nitrogens is 3. The van der Waals surface area contributed by atoms with E-state index in [0.717, 1.165) is 11.3 Å². The van der Waals surface area contributed by atoms with Crippen LogP contribution in [0.4, 0.5) is 0 Å². The summed E-state index contributed by atoms with van der Waals surface area (Å²) in [4.78, 5) is 4.34. The van der Waals surface area contributed by atoms with E-state index in [1.54, 1.807) is 0 Å². The summed E-state index contributed by atoms with van der Waals surface area (Å²) in [5.74, 6) is 0.416. The molecule has 0 aliphatic carbocycles. The first-order chi connectivity index (χ1) is 7.41. The highest BCUT2D eigenvalue weighted by molar-refractivity contribution is 5.83. The van der Waals surface area contributed by atoms with Crippen LogP contribution in [0.25, 0.3) is 11.0 Å². The number of H-pyrrole nitrogens is 1. The molecule has 86 valence electrons. The van der Waals surface area contributed by atoms with Crippen LogP contribution in [0.2, 0.25) is 0 Å². The largest absolute Gasteiger partial charge is 0.261 e. The molecule has 0 spiro atoms. The van der Waals surface area contributed by atoms with Gasteiger partial charge >= 0.3 is 0 Å². The molecule has 0 fully saturated rings. The van der Waals surface area contributed by atoms with Gasteiger partial charge in [0, 0.05) is 11.6 Å². The van der Waals surface area contributed by atoms with Crippen LogP contribution < -0.4 is 0 Å². The van der Waals surface area contributed by atoms with Gasteiger partial charge in [0.15, 0.2) is 5.65 Å². The Morgan fingerprint density at radius 2 is 1.94 bits per heavy atom. The maximum Gasteiger partial charge on any atom is 0.155 e. The zero-order chi connectivity index (χ0) is 11.9. The minimum atomic E-state index is 0.120. The molecule has 0 radical (unpaired) electrons. The van der Waals surface area contributed by atoms with E-state index in [0.29, 0.717) is 5.92 Å². The summed E-state index contributed by atoms with van der Waals surface area (Å²) in [6.07, 6.45) is 1.85. The molecular weight excluding hydrogens is 198 g/mol. The maximum absolute atomic E-state index is 4.38. The Hall–Kier alpha value is -1.38. The SMILES string of the molecule is CC(C)c1n[nH]c2nccc(C(C)(C)C)c12. The molecule has 0 unspecified atom stereocenters. The van der Waals surface area contributed by atoms with Crippen LogP contribution >= 0.6 is 0 Å². The van der Waals surface area contributed by atoms with Crippen molar-refractivity contribution in [1.29, 1.82) is 0 Å². The summed E-state index contributed by atoms with van der Waals surface area (Å²) in [6.45, 7) is 11.0. The second-order valence-electron chi connectivity index (χ2n) is 5.60. The summed E-state index contributed by atoms with van der Waals surface area (Å²) in [5, 5.41) is 8.60.